The Kier molecular flexibility index (Phi) is 3.88. The summed E-state index contributed by atoms with van der Waals surface area (Å²) in [5, 5.41) is 8.32. The van der Waals surface area contributed by atoms with Crippen molar-refractivity contribution in [1.29, 1.82) is 0 Å². The van der Waals surface area contributed by atoms with Crippen LogP contribution in [0.15, 0.2) is 36.5 Å². The minimum atomic E-state index is 0.915. The van der Waals surface area contributed by atoms with Gasteiger partial charge in [-0.1, -0.05) is 35.5 Å². The minimum Gasteiger partial charge on any atom is -0.309 e. The molecular weight excluding hydrogens is 212 g/mol. The van der Waals surface area contributed by atoms with E-state index >= 15 is 0 Å². The first-order chi connectivity index (χ1) is 8.25. The molecule has 0 unspecified atom stereocenters. The lowest BCUT2D eigenvalue weighted by molar-refractivity contribution is 0.379. The average Bonchev–Trinajstić information content (AvgIpc) is 2.78. The number of hydrogen-bond acceptors (Lipinski definition) is 3. The van der Waals surface area contributed by atoms with Crippen LogP contribution in [-0.4, -0.2) is 40.5 Å². The Balaban J connectivity index is 1.97. The normalized spacial score (nSPS) is 11.0. The zero-order chi connectivity index (χ0) is 12.1. The van der Waals surface area contributed by atoms with Crippen molar-refractivity contribution in [2.75, 3.05) is 20.6 Å². The molecule has 0 N–H and O–H groups in total. The highest BCUT2D eigenvalue weighted by atomic mass is 15.4. The van der Waals surface area contributed by atoms with Crippen LogP contribution in [0, 0.1) is 0 Å². The third-order valence-corrected chi connectivity index (χ3v) is 2.60. The van der Waals surface area contributed by atoms with E-state index in [-0.39, 0.29) is 0 Å². The summed E-state index contributed by atoms with van der Waals surface area (Å²) < 4.78 is 1.91. The van der Waals surface area contributed by atoms with Gasteiger partial charge in [0, 0.05) is 12.1 Å². The van der Waals surface area contributed by atoms with Crippen molar-refractivity contribution in [1.82, 2.24) is 19.9 Å². The van der Waals surface area contributed by atoms with E-state index in [1.165, 1.54) is 0 Å². The van der Waals surface area contributed by atoms with E-state index in [2.05, 4.69) is 29.3 Å². The van der Waals surface area contributed by atoms with Gasteiger partial charge in [-0.2, -0.15) is 0 Å². The zero-order valence-electron chi connectivity index (χ0n) is 10.4. The largest absolute Gasteiger partial charge is 0.309 e. The van der Waals surface area contributed by atoms with Crippen LogP contribution in [0.4, 0.5) is 0 Å². The van der Waals surface area contributed by atoms with E-state index < -0.39 is 0 Å². The highest BCUT2D eigenvalue weighted by molar-refractivity contribution is 5.56. The topological polar surface area (TPSA) is 34.0 Å². The van der Waals surface area contributed by atoms with Crippen molar-refractivity contribution in [3.05, 3.63) is 36.5 Å². The second kappa shape index (κ2) is 5.59. The number of aromatic nitrogens is 3. The van der Waals surface area contributed by atoms with Gasteiger partial charge in [-0.05, 0) is 27.1 Å². The van der Waals surface area contributed by atoms with E-state index in [0.29, 0.717) is 0 Å². The van der Waals surface area contributed by atoms with E-state index in [1.54, 1.807) is 0 Å². The molecule has 0 saturated heterocycles. The summed E-state index contributed by atoms with van der Waals surface area (Å²) in [4.78, 5) is 2.18. The van der Waals surface area contributed by atoms with Crippen LogP contribution in [0.25, 0.3) is 11.3 Å². The van der Waals surface area contributed by atoms with E-state index in [0.717, 1.165) is 30.8 Å². The van der Waals surface area contributed by atoms with Crippen LogP contribution >= 0.6 is 0 Å². The number of nitrogens with zero attached hydrogens (tertiary/aromatic N) is 4. The van der Waals surface area contributed by atoms with Crippen LogP contribution in [-0.2, 0) is 6.54 Å². The molecule has 1 aromatic heterocycles. The summed E-state index contributed by atoms with van der Waals surface area (Å²) in [6, 6.07) is 10.1. The third-order valence-electron chi connectivity index (χ3n) is 2.60. The quantitative estimate of drug-likeness (QED) is 0.786. The molecular formula is C13H18N4. The van der Waals surface area contributed by atoms with Crippen molar-refractivity contribution in [2.24, 2.45) is 0 Å². The summed E-state index contributed by atoms with van der Waals surface area (Å²) in [5.41, 5.74) is 2.06. The van der Waals surface area contributed by atoms with Gasteiger partial charge in [-0.25, -0.2) is 0 Å². The minimum absolute atomic E-state index is 0.915. The molecule has 0 radical (unpaired) electrons. The maximum atomic E-state index is 4.18. The van der Waals surface area contributed by atoms with Crippen molar-refractivity contribution in [2.45, 2.75) is 13.0 Å². The Labute approximate surface area is 102 Å². The van der Waals surface area contributed by atoms with Crippen LogP contribution in [0.5, 0.6) is 0 Å². The summed E-state index contributed by atoms with van der Waals surface area (Å²) in [7, 11) is 4.16. The molecule has 0 aliphatic rings. The maximum absolute atomic E-state index is 4.18. The van der Waals surface area contributed by atoms with Crippen molar-refractivity contribution >= 4 is 0 Å². The number of aryl methyl sites for hydroxylation is 1. The van der Waals surface area contributed by atoms with Gasteiger partial charge in [0.05, 0.1) is 6.20 Å². The first-order valence-electron chi connectivity index (χ1n) is 5.86. The van der Waals surface area contributed by atoms with E-state index in [4.69, 9.17) is 0 Å². The highest BCUT2D eigenvalue weighted by Crippen LogP contribution is 2.14. The number of benzene rings is 1. The molecule has 1 heterocycles. The van der Waals surface area contributed by atoms with Crippen LogP contribution in [0.1, 0.15) is 6.42 Å². The Bertz CT molecular complexity index is 447. The molecule has 0 amide bonds. The Morgan fingerprint density at radius 3 is 2.65 bits per heavy atom. The first-order valence-corrected chi connectivity index (χ1v) is 5.86. The van der Waals surface area contributed by atoms with Crippen LogP contribution in [0.2, 0.25) is 0 Å². The van der Waals surface area contributed by atoms with Gasteiger partial charge in [0.2, 0.25) is 0 Å². The Morgan fingerprint density at radius 2 is 1.94 bits per heavy atom. The number of rotatable bonds is 5. The molecule has 0 aliphatic carbocycles. The predicted octanol–water partition coefficient (Wildman–Crippen LogP) is 1.90. The van der Waals surface area contributed by atoms with Gasteiger partial charge in [0.1, 0.15) is 5.69 Å². The molecule has 0 atom stereocenters. The van der Waals surface area contributed by atoms with E-state index in [9.17, 15) is 0 Å². The second-order valence-electron chi connectivity index (χ2n) is 4.39. The summed E-state index contributed by atoms with van der Waals surface area (Å²) in [6.07, 6.45) is 3.09. The van der Waals surface area contributed by atoms with Gasteiger partial charge in [0.15, 0.2) is 0 Å². The lowest BCUT2D eigenvalue weighted by Crippen LogP contribution is -2.15. The van der Waals surface area contributed by atoms with Crippen molar-refractivity contribution in [3.8, 4) is 11.3 Å². The zero-order valence-corrected chi connectivity index (χ0v) is 10.4. The molecule has 2 aromatic rings. The van der Waals surface area contributed by atoms with Gasteiger partial charge in [-0.3, -0.25) is 4.68 Å². The SMILES string of the molecule is CN(C)CCCn1cc(-c2ccccc2)nn1. The van der Waals surface area contributed by atoms with Gasteiger partial charge in [-0.15, -0.1) is 5.10 Å². The molecule has 0 aliphatic heterocycles. The third kappa shape index (κ3) is 3.39. The molecule has 2 rings (SSSR count). The molecule has 1 aromatic carbocycles. The average molecular weight is 230 g/mol. The smallest absolute Gasteiger partial charge is 0.113 e. The van der Waals surface area contributed by atoms with E-state index in [1.807, 2.05) is 41.2 Å². The van der Waals surface area contributed by atoms with Crippen LogP contribution < -0.4 is 0 Å². The molecule has 0 spiro atoms. The summed E-state index contributed by atoms with van der Waals surface area (Å²) in [6.45, 7) is 1.98. The highest BCUT2D eigenvalue weighted by Gasteiger charge is 2.02. The monoisotopic (exact) mass is 230 g/mol. The first kappa shape index (κ1) is 11.8. The van der Waals surface area contributed by atoms with Gasteiger partial charge < -0.3 is 4.90 Å². The molecule has 90 valence electrons. The number of hydrogen-bond donors (Lipinski definition) is 0. The summed E-state index contributed by atoms with van der Waals surface area (Å²) in [5.74, 6) is 0. The lowest BCUT2D eigenvalue weighted by atomic mass is 10.2. The fourth-order valence-corrected chi connectivity index (χ4v) is 1.70. The lowest BCUT2D eigenvalue weighted by Gasteiger charge is -2.08. The van der Waals surface area contributed by atoms with Crippen molar-refractivity contribution < 1.29 is 0 Å². The fraction of sp³-hybridized carbons (Fsp3) is 0.385. The van der Waals surface area contributed by atoms with Gasteiger partial charge >= 0.3 is 0 Å². The predicted molar refractivity (Wildman–Crippen MR) is 68.6 cm³/mol. The molecule has 4 nitrogen and oxygen atoms in total. The molecule has 4 heteroatoms. The molecule has 0 fully saturated rings. The Morgan fingerprint density at radius 1 is 1.18 bits per heavy atom. The Hall–Kier alpha value is -1.68. The standard InChI is InChI=1S/C13H18N4/c1-16(2)9-6-10-17-11-13(14-15-17)12-7-4-3-5-8-12/h3-5,7-8,11H,6,9-10H2,1-2H3. The molecule has 17 heavy (non-hydrogen) atoms. The fourth-order valence-electron chi connectivity index (χ4n) is 1.70. The summed E-state index contributed by atoms with van der Waals surface area (Å²) >= 11 is 0. The molecule has 0 saturated carbocycles. The second-order valence-corrected chi connectivity index (χ2v) is 4.39. The van der Waals surface area contributed by atoms with Crippen LogP contribution in [0.3, 0.4) is 0 Å². The maximum Gasteiger partial charge on any atom is 0.113 e. The van der Waals surface area contributed by atoms with Crippen molar-refractivity contribution in [3.63, 3.8) is 0 Å². The van der Waals surface area contributed by atoms with Gasteiger partial charge in [0.25, 0.3) is 0 Å². The molecule has 0 bridgehead atoms.